The fourth-order valence-corrected chi connectivity index (χ4v) is 2.92. The van der Waals surface area contributed by atoms with E-state index in [0.717, 1.165) is 0 Å². The van der Waals surface area contributed by atoms with Crippen molar-refractivity contribution in [1.29, 1.82) is 0 Å². The predicted molar refractivity (Wildman–Crippen MR) is 71.5 cm³/mol. The summed E-state index contributed by atoms with van der Waals surface area (Å²) in [6, 6.07) is 0. The first-order valence-corrected chi connectivity index (χ1v) is 7.40. The molecule has 0 amide bonds. The maximum absolute atomic E-state index is 11.7. The fourth-order valence-electron chi connectivity index (χ4n) is 2.00. The maximum atomic E-state index is 11.7. The number of fused-ring (bicyclic) bond motifs is 1. The van der Waals surface area contributed by atoms with E-state index < -0.39 is 25.6 Å². The summed E-state index contributed by atoms with van der Waals surface area (Å²) in [5.74, 6) is 0.141. The van der Waals surface area contributed by atoms with Crippen molar-refractivity contribution < 1.29 is 23.6 Å². The molecule has 0 spiro atoms. The Kier molecular flexibility index (Phi) is 3.30. The molecule has 0 radical (unpaired) electrons. The number of aliphatic hydroxyl groups is 1. The molecule has 6 N–H and O–H groups in total. The number of anilines is 2. The zero-order valence-corrected chi connectivity index (χ0v) is 11.4. The molecule has 0 aromatic carbocycles. The lowest BCUT2D eigenvalue weighted by Crippen LogP contribution is -2.40. The van der Waals surface area contributed by atoms with Crippen LogP contribution in [0.1, 0.15) is 0 Å². The normalized spacial score (nSPS) is 29.4. The summed E-state index contributed by atoms with van der Waals surface area (Å²) in [6.07, 6.45) is -2.34. The Bertz CT molecular complexity index is 717. The molecule has 1 fully saturated rings. The smallest absolute Gasteiger partial charge is 0.384 e. The number of rotatable bonds is 2. The van der Waals surface area contributed by atoms with Crippen LogP contribution in [0.2, 0.25) is 0 Å². The maximum Gasteiger partial charge on any atom is 0.472 e. The Balaban J connectivity index is 1.89. The number of aromatic nitrogens is 2. The molecule has 114 valence electrons. The van der Waals surface area contributed by atoms with E-state index in [9.17, 15) is 14.5 Å². The van der Waals surface area contributed by atoms with E-state index >= 15 is 0 Å². The van der Waals surface area contributed by atoms with Crippen molar-refractivity contribution in [3.05, 3.63) is 10.4 Å². The molecular formula is C9H12N5O6P. The van der Waals surface area contributed by atoms with Gasteiger partial charge in [-0.3, -0.25) is 18.8 Å². The summed E-state index contributed by atoms with van der Waals surface area (Å²) in [4.78, 5) is 31.0. The molecule has 0 bridgehead atoms. The first-order valence-electron chi connectivity index (χ1n) is 5.90. The van der Waals surface area contributed by atoms with Crippen molar-refractivity contribution in [2.45, 2.75) is 12.2 Å². The monoisotopic (exact) mass is 317 g/mol. The van der Waals surface area contributed by atoms with Gasteiger partial charge in [-0.15, -0.1) is 0 Å². The first kappa shape index (κ1) is 14.2. The van der Waals surface area contributed by atoms with Gasteiger partial charge in [-0.05, 0) is 0 Å². The highest BCUT2D eigenvalue weighted by Gasteiger charge is 2.41. The van der Waals surface area contributed by atoms with Gasteiger partial charge in [-0.1, -0.05) is 0 Å². The molecule has 2 aliphatic rings. The zero-order valence-electron chi connectivity index (χ0n) is 10.5. The van der Waals surface area contributed by atoms with Crippen LogP contribution in [0, 0.1) is 0 Å². The van der Waals surface area contributed by atoms with Crippen LogP contribution in [-0.2, 0) is 13.6 Å². The summed E-state index contributed by atoms with van der Waals surface area (Å²) >= 11 is 0. The van der Waals surface area contributed by atoms with Gasteiger partial charge in [0, 0.05) is 0 Å². The van der Waals surface area contributed by atoms with Gasteiger partial charge in [-0.2, -0.15) is 4.98 Å². The third kappa shape index (κ3) is 2.69. The number of aliphatic imine (C=N–C) groups is 1. The molecule has 21 heavy (non-hydrogen) atoms. The minimum Gasteiger partial charge on any atom is -0.384 e. The van der Waals surface area contributed by atoms with Crippen LogP contribution in [0.5, 0.6) is 0 Å². The number of aliphatic hydroxyl groups excluding tert-OH is 1. The Morgan fingerprint density at radius 2 is 2.29 bits per heavy atom. The van der Waals surface area contributed by atoms with E-state index in [0.29, 0.717) is 0 Å². The molecule has 3 heterocycles. The Hall–Kier alpha value is -1.78. The quantitative estimate of drug-likeness (QED) is 0.417. The number of H-pyrrole nitrogens is 1. The average Bonchev–Trinajstić information content (AvgIpc) is 2.78. The second-order valence-electron chi connectivity index (χ2n) is 4.46. The summed E-state index contributed by atoms with van der Waals surface area (Å²) in [7, 11) is -4.12. The highest BCUT2D eigenvalue weighted by molar-refractivity contribution is 7.47. The first-order chi connectivity index (χ1) is 9.85. The fraction of sp³-hybridized carbons (Fsp3) is 0.444. The van der Waals surface area contributed by atoms with Crippen molar-refractivity contribution in [1.82, 2.24) is 9.97 Å². The van der Waals surface area contributed by atoms with Crippen molar-refractivity contribution in [2.75, 3.05) is 24.2 Å². The highest BCUT2D eigenvalue weighted by atomic mass is 31.2. The van der Waals surface area contributed by atoms with Gasteiger partial charge in [0.25, 0.3) is 5.56 Å². The lowest BCUT2D eigenvalue weighted by atomic mass is 10.1. The van der Waals surface area contributed by atoms with Crippen molar-refractivity contribution >= 4 is 31.0 Å². The van der Waals surface area contributed by atoms with Gasteiger partial charge in [0.15, 0.2) is 11.5 Å². The van der Waals surface area contributed by atoms with E-state index in [2.05, 4.69) is 24.8 Å². The van der Waals surface area contributed by atoms with E-state index in [1.54, 1.807) is 0 Å². The molecule has 3 rings (SSSR count). The van der Waals surface area contributed by atoms with Gasteiger partial charge in [0.2, 0.25) is 5.95 Å². The SMILES string of the molecule is Nc1nc2c(c(=O)[nH]1)N=C(C(O)C1COP(=O)(O)O1)CN2. The number of nitrogens with one attached hydrogen (secondary N) is 2. The van der Waals surface area contributed by atoms with E-state index in [1.165, 1.54) is 0 Å². The average molecular weight is 317 g/mol. The minimum atomic E-state index is -4.12. The van der Waals surface area contributed by atoms with Crippen LogP contribution in [-0.4, -0.2) is 51.0 Å². The number of hydrogen-bond donors (Lipinski definition) is 5. The molecule has 3 atom stereocenters. The number of nitrogen functional groups attached to an aromatic ring is 1. The molecule has 2 aliphatic heterocycles. The second kappa shape index (κ2) is 4.90. The number of phosphoric ester groups is 1. The van der Waals surface area contributed by atoms with Gasteiger partial charge in [0.1, 0.15) is 12.2 Å². The topological polar surface area (TPSA) is 172 Å². The predicted octanol–water partition coefficient (Wildman–Crippen LogP) is -1.27. The molecule has 0 aliphatic carbocycles. The van der Waals surface area contributed by atoms with Gasteiger partial charge >= 0.3 is 7.82 Å². The van der Waals surface area contributed by atoms with E-state index in [-0.39, 0.29) is 36.3 Å². The van der Waals surface area contributed by atoms with Gasteiger partial charge < -0.3 is 21.1 Å². The minimum absolute atomic E-state index is 0.0319. The van der Waals surface area contributed by atoms with E-state index in [4.69, 9.17) is 15.2 Å². The Morgan fingerprint density at radius 3 is 2.95 bits per heavy atom. The zero-order chi connectivity index (χ0) is 15.2. The number of nitrogens with zero attached hydrogens (tertiary/aromatic N) is 2. The van der Waals surface area contributed by atoms with Gasteiger partial charge in [-0.25, -0.2) is 9.56 Å². The van der Waals surface area contributed by atoms with Crippen molar-refractivity contribution in [3.8, 4) is 0 Å². The van der Waals surface area contributed by atoms with E-state index in [1.807, 2.05) is 0 Å². The van der Waals surface area contributed by atoms with Crippen LogP contribution >= 0.6 is 7.82 Å². The molecule has 12 heteroatoms. The molecule has 1 aromatic heterocycles. The molecule has 1 saturated heterocycles. The number of phosphoric acid groups is 1. The Morgan fingerprint density at radius 1 is 1.52 bits per heavy atom. The van der Waals surface area contributed by atoms with Crippen LogP contribution in [0.3, 0.4) is 0 Å². The highest BCUT2D eigenvalue weighted by Crippen LogP contribution is 2.50. The summed E-state index contributed by atoms with van der Waals surface area (Å²) in [5.41, 5.74) is 4.97. The largest absolute Gasteiger partial charge is 0.472 e. The lowest BCUT2D eigenvalue weighted by molar-refractivity contribution is 0.0895. The van der Waals surface area contributed by atoms with Crippen molar-refractivity contribution in [3.63, 3.8) is 0 Å². The number of nitrogens with two attached hydrogens (primary N) is 1. The van der Waals surface area contributed by atoms with Crippen LogP contribution in [0.15, 0.2) is 9.79 Å². The van der Waals surface area contributed by atoms with Crippen LogP contribution in [0.4, 0.5) is 17.5 Å². The Labute approximate surface area is 117 Å². The van der Waals surface area contributed by atoms with Crippen molar-refractivity contribution in [2.24, 2.45) is 4.99 Å². The summed E-state index contributed by atoms with van der Waals surface area (Å²) in [5, 5.41) is 12.9. The standard InChI is InChI=1S/C9H12N5O6P/c10-9-13-7-5(8(16)14-9)12-3(1-11-7)6(15)4-2-19-21(17,18)20-4/h4,6,15H,1-2H2,(H,17,18)(H4,10,11,13,14,16). The molecular weight excluding hydrogens is 305 g/mol. The number of hydrogen-bond acceptors (Lipinski definition) is 9. The second-order valence-corrected chi connectivity index (χ2v) is 5.86. The van der Waals surface area contributed by atoms with Crippen LogP contribution in [0.25, 0.3) is 0 Å². The molecule has 11 nitrogen and oxygen atoms in total. The van der Waals surface area contributed by atoms with Crippen LogP contribution < -0.4 is 16.6 Å². The lowest BCUT2D eigenvalue weighted by Gasteiger charge is -2.22. The van der Waals surface area contributed by atoms with Gasteiger partial charge in [0.05, 0.1) is 18.9 Å². The summed E-state index contributed by atoms with van der Waals surface area (Å²) in [6.45, 7) is -0.170. The summed E-state index contributed by atoms with van der Waals surface area (Å²) < 4.78 is 20.4. The number of aromatic amines is 1. The third-order valence-corrected chi connectivity index (χ3v) is 3.98. The third-order valence-electron chi connectivity index (χ3n) is 2.97. The molecule has 0 saturated carbocycles. The molecule has 3 unspecified atom stereocenters. The molecule has 1 aromatic rings.